The Morgan fingerprint density at radius 3 is 2.57 bits per heavy atom. The van der Waals surface area contributed by atoms with E-state index in [4.69, 9.17) is 0 Å². The van der Waals surface area contributed by atoms with Crippen molar-refractivity contribution in [2.45, 2.75) is 18.2 Å². The third-order valence-corrected chi connectivity index (χ3v) is 4.60. The Kier molecular flexibility index (Phi) is 5.46. The fourth-order valence-electron chi connectivity index (χ4n) is 1.98. The number of hydrogen-bond acceptors (Lipinski definition) is 3. The van der Waals surface area contributed by atoms with Crippen molar-refractivity contribution < 1.29 is 17.6 Å². The monoisotopic (exact) mass is 336 g/mol. The van der Waals surface area contributed by atoms with Gasteiger partial charge in [0.25, 0.3) is 0 Å². The minimum atomic E-state index is -4.08. The van der Waals surface area contributed by atoms with Crippen molar-refractivity contribution in [3.8, 4) is 0 Å². The Hall–Kier alpha value is -2.25. The van der Waals surface area contributed by atoms with E-state index in [2.05, 4.69) is 10.0 Å². The van der Waals surface area contributed by atoms with Gasteiger partial charge in [-0.05, 0) is 36.2 Å². The zero-order valence-corrected chi connectivity index (χ0v) is 13.4. The number of amides is 1. The van der Waals surface area contributed by atoms with Gasteiger partial charge in [0.05, 0.1) is 6.54 Å². The van der Waals surface area contributed by atoms with Crippen LogP contribution in [0.5, 0.6) is 0 Å². The van der Waals surface area contributed by atoms with Gasteiger partial charge in [0.2, 0.25) is 15.9 Å². The van der Waals surface area contributed by atoms with E-state index in [1.807, 2.05) is 19.1 Å². The van der Waals surface area contributed by atoms with Crippen LogP contribution in [0.15, 0.2) is 53.4 Å². The summed E-state index contributed by atoms with van der Waals surface area (Å²) >= 11 is 0. The third kappa shape index (κ3) is 4.61. The van der Waals surface area contributed by atoms with Gasteiger partial charge in [-0.15, -0.1) is 0 Å². The molecule has 122 valence electrons. The fourth-order valence-corrected chi connectivity index (χ4v) is 3.03. The highest BCUT2D eigenvalue weighted by Gasteiger charge is 2.19. The standard InChI is InChI=1S/C16H17FN2O3S/c1-2-12-6-5-7-13(10-12)19-16(20)11-18-23(21,22)15-9-4-3-8-14(15)17/h3-10,18H,2,11H2,1H3,(H,19,20). The summed E-state index contributed by atoms with van der Waals surface area (Å²) in [5, 5.41) is 2.60. The Labute approximate surface area is 134 Å². The van der Waals surface area contributed by atoms with Crippen LogP contribution >= 0.6 is 0 Å². The number of rotatable bonds is 6. The second-order valence-electron chi connectivity index (χ2n) is 4.86. The van der Waals surface area contributed by atoms with E-state index in [9.17, 15) is 17.6 Å². The first-order valence-electron chi connectivity index (χ1n) is 7.05. The van der Waals surface area contributed by atoms with Gasteiger partial charge < -0.3 is 5.32 Å². The number of aryl methyl sites for hydroxylation is 1. The van der Waals surface area contributed by atoms with Crippen LogP contribution in [0.25, 0.3) is 0 Å². The summed E-state index contributed by atoms with van der Waals surface area (Å²) in [6, 6.07) is 12.2. The normalized spacial score (nSPS) is 11.2. The van der Waals surface area contributed by atoms with Crippen LogP contribution in [0, 0.1) is 5.82 Å². The van der Waals surface area contributed by atoms with E-state index < -0.39 is 33.2 Å². The molecule has 0 fully saturated rings. The average molecular weight is 336 g/mol. The van der Waals surface area contributed by atoms with Gasteiger partial charge >= 0.3 is 0 Å². The molecule has 0 saturated heterocycles. The minimum Gasteiger partial charge on any atom is -0.325 e. The smallest absolute Gasteiger partial charge is 0.243 e. The predicted molar refractivity (Wildman–Crippen MR) is 86.0 cm³/mol. The average Bonchev–Trinajstić information content (AvgIpc) is 2.53. The summed E-state index contributed by atoms with van der Waals surface area (Å²) in [5.74, 6) is -1.39. The van der Waals surface area contributed by atoms with E-state index in [0.29, 0.717) is 5.69 Å². The van der Waals surface area contributed by atoms with Crippen LogP contribution < -0.4 is 10.0 Å². The first-order chi connectivity index (χ1) is 10.9. The summed E-state index contributed by atoms with van der Waals surface area (Å²) in [7, 11) is -4.08. The topological polar surface area (TPSA) is 75.3 Å². The first-order valence-corrected chi connectivity index (χ1v) is 8.53. The van der Waals surface area contributed by atoms with Crippen molar-refractivity contribution in [2.24, 2.45) is 0 Å². The Morgan fingerprint density at radius 1 is 1.13 bits per heavy atom. The second-order valence-corrected chi connectivity index (χ2v) is 6.59. The molecule has 1 amide bonds. The van der Waals surface area contributed by atoms with Gasteiger partial charge in [-0.2, -0.15) is 0 Å². The molecule has 0 radical (unpaired) electrons. The number of anilines is 1. The lowest BCUT2D eigenvalue weighted by Crippen LogP contribution is -2.33. The van der Waals surface area contributed by atoms with Gasteiger partial charge in [0, 0.05) is 5.69 Å². The van der Waals surface area contributed by atoms with Gasteiger partial charge in [-0.3, -0.25) is 4.79 Å². The van der Waals surface area contributed by atoms with Crippen molar-refractivity contribution in [2.75, 3.05) is 11.9 Å². The SMILES string of the molecule is CCc1cccc(NC(=O)CNS(=O)(=O)c2ccccc2F)c1. The molecule has 2 rings (SSSR count). The fraction of sp³-hybridized carbons (Fsp3) is 0.188. The van der Waals surface area contributed by atoms with Crippen molar-refractivity contribution in [1.82, 2.24) is 4.72 Å². The van der Waals surface area contributed by atoms with Crippen LogP contribution in [0.4, 0.5) is 10.1 Å². The van der Waals surface area contributed by atoms with Crippen LogP contribution in [-0.2, 0) is 21.2 Å². The molecule has 0 saturated carbocycles. The summed E-state index contributed by atoms with van der Waals surface area (Å²) < 4.78 is 39.6. The number of carbonyl (C=O) groups excluding carboxylic acids is 1. The molecule has 0 atom stereocenters. The second kappa shape index (κ2) is 7.34. The molecule has 5 nitrogen and oxygen atoms in total. The van der Waals surface area contributed by atoms with E-state index in [-0.39, 0.29) is 0 Å². The molecule has 23 heavy (non-hydrogen) atoms. The molecule has 0 bridgehead atoms. The van der Waals surface area contributed by atoms with Gasteiger partial charge in [0.15, 0.2) is 0 Å². The maximum atomic E-state index is 13.5. The number of hydrogen-bond donors (Lipinski definition) is 2. The highest BCUT2D eigenvalue weighted by molar-refractivity contribution is 7.89. The third-order valence-electron chi connectivity index (χ3n) is 3.17. The summed E-state index contributed by atoms with van der Waals surface area (Å²) in [5.41, 5.74) is 1.63. The van der Waals surface area contributed by atoms with Crippen LogP contribution in [0.1, 0.15) is 12.5 Å². The maximum Gasteiger partial charge on any atom is 0.243 e. The van der Waals surface area contributed by atoms with Crippen molar-refractivity contribution in [3.63, 3.8) is 0 Å². The molecule has 2 aromatic carbocycles. The maximum absolute atomic E-state index is 13.5. The molecular weight excluding hydrogens is 319 g/mol. The van der Waals surface area contributed by atoms with E-state index >= 15 is 0 Å². The molecule has 0 aliphatic rings. The largest absolute Gasteiger partial charge is 0.325 e. The minimum absolute atomic E-state index is 0.479. The highest BCUT2D eigenvalue weighted by Crippen LogP contribution is 2.13. The van der Waals surface area contributed by atoms with Crippen LogP contribution in [-0.4, -0.2) is 20.9 Å². The first kappa shape index (κ1) is 17.1. The molecule has 0 heterocycles. The van der Waals surface area contributed by atoms with E-state index in [1.54, 1.807) is 12.1 Å². The Bertz CT molecular complexity index is 806. The van der Waals surface area contributed by atoms with E-state index in [1.165, 1.54) is 12.1 Å². The quantitative estimate of drug-likeness (QED) is 0.850. The molecule has 0 aliphatic carbocycles. The molecule has 0 aliphatic heterocycles. The molecule has 7 heteroatoms. The lowest BCUT2D eigenvalue weighted by Gasteiger charge is -2.09. The molecule has 0 spiro atoms. The molecule has 0 unspecified atom stereocenters. The van der Waals surface area contributed by atoms with Crippen molar-refractivity contribution in [1.29, 1.82) is 0 Å². The zero-order valence-electron chi connectivity index (χ0n) is 12.5. The van der Waals surface area contributed by atoms with Crippen molar-refractivity contribution >= 4 is 21.6 Å². The van der Waals surface area contributed by atoms with Gasteiger partial charge in [-0.1, -0.05) is 31.2 Å². The van der Waals surface area contributed by atoms with Gasteiger partial charge in [0.1, 0.15) is 10.7 Å². The number of sulfonamides is 1. The predicted octanol–water partition coefficient (Wildman–Crippen LogP) is 2.31. The summed E-state index contributed by atoms with van der Waals surface area (Å²) in [6.07, 6.45) is 0.823. The van der Waals surface area contributed by atoms with E-state index in [0.717, 1.165) is 24.1 Å². The molecule has 2 aromatic rings. The molecule has 0 aromatic heterocycles. The number of carbonyl (C=O) groups is 1. The molecular formula is C16H17FN2O3S. The van der Waals surface area contributed by atoms with Crippen LogP contribution in [0.3, 0.4) is 0 Å². The summed E-state index contributed by atoms with van der Waals surface area (Å²) in [6.45, 7) is 1.51. The zero-order chi connectivity index (χ0) is 16.9. The number of halogens is 1. The Balaban J connectivity index is 2.00. The summed E-state index contributed by atoms with van der Waals surface area (Å²) in [4.78, 5) is 11.4. The van der Waals surface area contributed by atoms with Crippen molar-refractivity contribution in [3.05, 3.63) is 59.9 Å². The lowest BCUT2D eigenvalue weighted by molar-refractivity contribution is -0.115. The number of nitrogens with one attached hydrogen (secondary N) is 2. The number of benzene rings is 2. The molecule has 2 N–H and O–H groups in total. The van der Waals surface area contributed by atoms with Crippen LogP contribution in [0.2, 0.25) is 0 Å². The highest BCUT2D eigenvalue weighted by atomic mass is 32.2. The van der Waals surface area contributed by atoms with Gasteiger partial charge in [-0.25, -0.2) is 17.5 Å². The lowest BCUT2D eigenvalue weighted by atomic mass is 10.1. The Morgan fingerprint density at radius 2 is 1.87 bits per heavy atom.